The number of para-hydroxylation sites is 1. The van der Waals surface area contributed by atoms with Crippen LogP contribution in [0.1, 0.15) is 49.2 Å². The fraction of sp³-hybridized carbons (Fsp3) is 0.345. The van der Waals surface area contributed by atoms with Crippen molar-refractivity contribution in [1.29, 1.82) is 0 Å². The third-order valence-electron chi connectivity index (χ3n) is 8.02. The maximum atomic E-state index is 13.9. The van der Waals surface area contributed by atoms with E-state index in [1.807, 2.05) is 47.5 Å². The van der Waals surface area contributed by atoms with Crippen molar-refractivity contribution in [3.8, 4) is 0 Å². The predicted molar refractivity (Wildman–Crippen MR) is 147 cm³/mol. The second-order valence-corrected chi connectivity index (χ2v) is 11.1. The van der Waals surface area contributed by atoms with Gasteiger partial charge in [0, 0.05) is 47.6 Å². The highest BCUT2D eigenvalue weighted by molar-refractivity contribution is 5.93. The zero-order valence-electron chi connectivity index (χ0n) is 22.1. The van der Waals surface area contributed by atoms with Gasteiger partial charge in [-0.15, -0.1) is 10.2 Å². The van der Waals surface area contributed by atoms with Crippen molar-refractivity contribution in [2.75, 3.05) is 13.1 Å². The van der Waals surface area contributed by atoms with E-state index in [9.17, 15) is 9.59 Å². The molecule has 0 saturated carbocycles. The molecule has 1 spiro atoms. The molecular weight excluding hydrogens is 492 g/mol. The summed E-state index contributed by atoms with van der Waals surface area (Å²) in [6.45, 7) is 4.42. The number of nitrogens with two attached hydrogens (primary N) is 1. The number of H-pyrrole nitrogens is 2. The lowest BCUT2D eigenvalue weighted by Crippen LogP contribution is -2.58. The van der Waals surface area contributed by atoms with Gasteiger partial charge in [0.25, 0.3) is 0 Å². The normalized spacial score (nSPS) is 17.2. The van der Waals surface area contributed by atoms with E-state index in [-0.39, 0.29) is 17.2 Å². The van der Waals surface area contributed by atoms with Gasteiger partial charge in [0.2, 0.25) is 17.6 Å². The highest BCUT2D eigenvalue weighted by Crippen LogP contribution is 2.48. The maximum absolute atomic E-state index is 13.9. The van der Waals surface area contributed by atoms with Gasteiger partial charge >= 0.3 is 0 Å². The minimum atomic E-state index is -1.10. The molecule has 4 aromatic rings. The number of fused-ring (bicyclic) bond motifs is 3. The number of aromatic amines is 2. The van der Waals surface area contributed by atoms with Crippen LogP contribution in [0.25, 0.3) is 16.5 Å². The smallest absolute Gasteiger partial charge is 0.245 e. The SMILES string of the molecule is CC(C)(N)C(=O)N[C@H](Cc1c[nH]c2ccccc12)C(=O)N1CCC2(C=C(c3nn[nH]n3)c3ccccc32)CC1. The van der Waals surface area contributed by atoms with Gasteiger partial charge in [-0.3, -0.25) is 9.59 Å². The highest BCUT2D eigenvalue weighted by Gasteiger charge is 2.43. The third-order valence-corrected chi connectivity index (χ3v) is 8.02. The maximum Gasteiger partial charge on any atom is 0.245 e. The largest absolute Gasteiger partial charge is 0.361 e. The average Bonchev–Trinajstić information content (AvgIpc) is 3.67. The molecule has 5 N–H and O–H groups in total. The van der Waals surface area contributed by atoms with Gasteiger partial charge in [0.1, 0.15) is 6.04 Å². The van der Waals surface area contributed by atoms with Crippen molar-refractivity contribution in [2.24, 2.45) is 5.73 Å². The van der Waals surface area contributed by atoms with Crippen molar-refractivity contribution in [2.45, 2.75) is 50.1 Å². The molecule has 1 atom stereocenters. The van der Waals surface area contributed by atoms with Gasteiger partial charge in [0.15, 0.2) is 0 Å². The number of likely N-dealkylation sites (tertiary alicyclic amines) is 1. The lowest BCUT2D eigenvalue weighted by atomic mass is 9.74. The lowest BCUT2D eigenvalue weighted by Gasteiger charge is -2.40. The third kappa shape index (κ3) is 4.50. The molecule has 2 amide bonds. The van der Waals surface area contributed by atoms with E-state index in [1.54, 1.807) is 13.8 Å². The van der Waals surface area contributed by atoms with Crippen molar-refractivity contribution < 1.29 is 9.59 Å². The number of hydrogen-bond donors (Lipinski definition) is 4. The first-order chi connectivity index (χ1) is 18.7. The van der Waals surface area contributed by atoms with Gasteiger partial charge in [-0.2, -0.15) is 5.21 Å². The number of hydrogen-bond acceptors (Lipinski definition) is 6. The number of allylic oxidation sites excluding steroid dienone is 1. The Morgan fingerprint density at radius 1 is 1.13 bits per heavy atom. The van der Waals surface area contributed by atoms with Gasteiger partial charge in [-0.1, -0.05) is 48.5 Å². The second kappa shape index (κ2) is 9.46. The summed E-state index contributed by atoms with van der Waals surface area (Å²) in [6, 6.07) is 15.5. The summed E-state index contributed by atoms with van der Waals surface area (Å²) in [6.07, 6.45) is 6.04. The molecule has 1 saturated heterocycles. The number of nitrogens with one attached hydrogen (secondary N) is 3. The average molecular weight is 525 g/mol. The van der Waals surface area contributed by atoms with Crippen LogP contribution < -0.4 is 11.1 Å². The Balaban J connectivity index is 1.25. The molecule has 2 aliphatic rings. The van der Waals surface area contributed by atoms with E-state index < -0.39 is 11.6 Å². The minimum absolute atomic E-state index is 0.0959. The van der Waals surface area contributed by atoms with Crippen LogP contribution in [0.2, 0.25) is 0 Å². The summed E-state index contributed by atoms with van der Waals surface area (Å²) in [4.78, 5) is 32.0. The van der Waals surface area contributed by atoms with Crippen LogP contribution in [-0.4, -0.2) is 67.0 Å². The Hall–Kier alpha value is -4.31. The topological polar surface area (TPSA) is 146 Å². The van der Waals surface area contributed by atoms with Gasteiger partial charge in [-0.25, -0.2) is 0 Å². The first kappa shape index (κ1) is 25.0. The zero-order valence-corrected chi connectivity index (χ0v) is 22.1. The van der Waals surface area contributed by atoms with E-state index in [0.29, 0.717) is 25.3 Å². The molecule has 2 aromatic heterocycles. The fourth-order valence-electron chi connectivity index (χ4n) is 5.87. The number of carbonyl (C=O) groups is 2. The molecule has 0 bridgehead atoms. The molecule has 200 valence electrons. The molecule has 0 unspecified atom stereocenters. The fourth-order valence-corrected chi connectivity index (χ4v) is 5.87. The van der Waals surface area contributed by atoms with Crippen LogP contribution in [0, 0.1) is 0 Å². The summed E-state index contributed by atoms with van der Waals surface area (Å²) in [5, 5.41) is 18.7. The molecule has 39 heavy (non-hydrogen) atoms. The first-order valence-corrected chi connectivity index (χ1v) is 13.3. The highest BCUT2D eigenvalue weighted by atomic mass is 16.2. The van der Waals surface area contributed by atoms with E-state index in [4.69, 9.17) is 5.73 Å². The molecule has 1 aliphatic carbocycles. The number of carbonyl (C=O) groups excluding carboxylic acids is 2. The Bertz CT molecular complexity index is 1560. The van der Waals surface area contributed by atoms with Gasteiger partial charge in [0.05, 0.1) is 5.54 Å². The molecule has 10 heteroatoms. The molecule has 3 heterocycles. The Kier molecular flexibility index (Phi) is 6.06. The van der Waals surface area contributed by atoms with Crippen LogP contribution in [-0.2, 0) is 21.4 Å². The monoisotopic (exact) mass is 524 g/mol. The number of piperidine rings is 1. The first-order valence-electron chi connectivity index (χ1n) is 13.3. The number of tetrazole rings is 1. The van der Waals surface area contributed by atoms with Gasteiger partial charge < -0.3 is 20.9 Å². The minimum Gasteiger partial charge on any atom is -0.361 e. The summed E-state index contributed by atoms with van der Waals surface area (Å²) < 4.78 is 0. The summed E-state index contributed by atoms with van der Waals surface area (Å²) in [5.41, 5.74) is 10.0. The quantitative estimate of drug-likeness (QED) is 0.305. The van der Waals surface area contributed by atoms with E-state index in [2.05, 4.69) is 49.1 Å². The zero-order chi connectivity index (χ0) is 27.2. The van der Waals surface area contributed by atoms with Crippen molar-refractivity contribution in [3.63, 3.8) is 0 Å². The van der Waals surface area contributed by atoms with Crippen LogP contribution in [0.4, 0.5) is 0 Å². The molecule has 6 rings (SSSR count). The van der Waals surface area contributed by atoms with Crippen LogP contribution >= 0.6 is 0 Å². The molecule has 10 nitrogen and oxygen atoms in total. The predicted octanol–water partition coefficient (Wildman–Crippen LogP) is 2.45. The second-order valence-electron chi connectivity index (χ2n) is 11.1. The van der Waals surface area contributed by atoms with Crippen LogP contribution in [0.5, 0.6) is 0 Å². The molecular formula is C29H32N8O2. The van der Waals surface area contributed by atoms with Crippen LogP contribution in [0.3, 0.4) is 0 Å². The van der Waals surface area contributed by atoms with E-state index >= 15 is 0 Å². The number of amides is 2. The van der Waals surface area contributed by atoms with E-state index in [1.165, 1.54) is 5.56 Å². The van der Waals surface area contributed by atoms with Crippen LogP contribution in [0.15, 0.2) is 60.8 Å². The molecule has 0 radical (unpaired) electrons. The standard InChI is InChI=1S/C29H32N8O2/c1-28(2,30)27(39)32-24(15-18-17-31-23-10-6-4-7-19(18)23)26(38)37-13-11-29(12-14-37)16-21(25-33-35-36-34-25)20-8-3-5-9-22(20)29/h3-10,16-17,24,31H,11-15,30H2,1-2H3,(H,32,39)(H,33,34,35,36)/t24-/m1/s1. The Morgan fingerprint density at radius 2 is 1.87 bits per heavy atom. The summed E-state index contributed by atoms with van der Waals surface area (Å²) in [5.74, 6) is 0.122. The van der Waals surface area contributed by atoms with Crippen molar-refractivity contribution in [3.05, 3.63) is 83.3 Å². The van der Waals surface area contributed by atoms with Gasteiger partial charge in [-0.05, 0) is 54.7 Å². The summed E-state index contributed by atoms with van der Waals surface area (Å²) >= 11 is 0. The van der Waals surface area contributed by atoms with Crippen molar-refractivity contribution >= 4 is 28.3 Å². The molecule has 1 aliphatic heterocycles. The molecule has 1 fully saturated rings. The number of rotatable bonds is 6. The Morgan fingerprint density at radius 3 is 2.62 bits per heavy atom. The number of benzene rings is 2. The lowest BCUT2D eigenvalue weighted by molar-refractivity contribution is -0.138. The number of nitrogens with zero attached hydrogens (tertiary/aromatic N) is 4. The van der Waals surface area contributed by atoms with E-state index in [0.717, 1.165) is 40.4 Å². The number of aromatic nitrogens is 5. The van der Waals surface area contributed by atoms with Crippen molar-refractivity contribution in [1.82, 2.24) is 35.8 Å². The Labute approximate surface area is 226 Å². The summed E-state index contributed by atoms with van der Waals surface area (Å²) in [7, 11) is 0. The molecule has 2 aromatic carbocycles.